The van der Waals surface area contributed by atoms with Crippen LogP contribution in [0, 0.1) is 0 Å². The van der Waals surface area contributed by atoms with Crippen molar-refractivity contribution in [3.63, 3.8) is 0 Å². The van der Waals surface area contributed by atoms with Crippen molar-refractivity contribution in [3.05, 3.63) is 58.0 Å². The molecular weight excluding hydrogens is 235 g/mol. The summed E-state index contributed by atoms with van der Waals surface area (Å²) >= 11 is 11.6. The van der Waals surface area contributed by atoms with Gasteiger partial charge in [-0.15, -0.1) is 0 Å². The van der Waals surface area contributed by atoms with Gasteiger partial charge in [0.1, 0.15) is 0 Å². The molecule has 0 bridgehead atoms. The minimum absolute atomic E-state index is 0.232. The summed E-state index contributed by atoms with van der Waals surface area (Å²) in [7, 11) is 0. The minimum Gasteiger partial charge on any atom is -0.461 e. The van der Waals surface area contributed by atoms with Crippen molar-refractivity contribution in [1.82, 2.24) is 0 Å². The SMILES string of the molecule is O=C(c1cc(Cl)cc(Cl)c1)c1ccco1. The number of ketones is 1. The summed E-state index contributed by atoms with van der Waals surface area (Å²) < 4.78 is 4.99. The fraction of sp³-hybridized carbons (Fsp3) is 0. The van der Waals surface area contributed by atoms with Gasteiger partial charge in [0.05, 0.1) is 6.26 Å². The molecule has 1 aromatic heterocycles. The molecule has 0 unspecified atom stereocenters. The number of halogens is 2. The largest absolute Gasteiger partial charge is 0.461 e. The molecule has 0 saturated heterocycles. The Morgan fingerprint density at radius 2 is 1.80 bits per heavy atom. The van der Waals surface area contributed by atoms with E-state index in [-0.39, 0.29) is 11.5 Å². The van der Waals surface area contributed by atoms with Gasteiger partial charge in [-0.25, -0.2) is 0 Å². The summed E-state index contributed by atoms with van der Waals surface area (Å²) in [6, 6.07) is 7.93. The first-order valence-electron chi connectivity index (χ1n) is 4.21. The van der Waals surface area contributed by atoms with E-state index in [4.69, 9.17) is 27.6 Å². The van der Waals surface area contributed by atoms with E-state index in [0.717, 1.165) is 0 Å². The number of carbonyl (C=O) groups excluding carboxylic acids is 1. The lowest BCUT2D eigenvalue weighted by Gasteiger charge is -1.99. The van der Waals surface area contributed by atoms with E-state index in [2.05, 4.69) is 0 Å². The maximum absolute atomic E-state index is 11.8. The first-order chi connectivity index (χ1) is 7.16. The smallest absolute Gasteiger partial charge is 0.228 e. The van der Waals surface area contributed by atoms with Crippen molar-refractivity contribution in [2.24, 2.45) is 0 Å². The average molecular weight is 241 g/mol. The molecule has 4 heteroatoms. The molecule has 15 heavy (non-hydrogen) atoms. The monoisotopic (exact) mass is 240 g/mol. The standard InChI is InChI=1S/C11H6Cl2O2/c12-8-4-7(5-9(13)6-8)11(14)10-2-1-3-15-10/h1-6H. The first-order valence-corrected chi connectivity index (χ1v) is 4.97. The van der Waals surface area contributed by atoms with Crippen LogP contribution in [-0.2, 0) is 0 Å². The molecule has 0 aliphatic carbocycles. The molecule has 0 atom stereocenters. The molecule has 0 spiro atoms. The lowest BCUT2D eigenvalue weighted by Crippen LogP contribution is -1.99. The Balaban J connectivity index is 2.42. The number of benzene rings is 1. The quantitative estimate of drug-likeness (QED) is 0.748. The van der Waals surface area contributed by atoms with Gasteiger partial charge in [0.15, 0.2) is 5.76 Å². The third-order valence-corrected chi connectivity index (χ3v) is 2.31. The topological polar surface area (TPSA) is 30.2 Å². The van der Waals surface area contributed by atoms with Crippen LogP contribution in [0.25, 0.3) is 0 Å². The van der Waals surface area contributed by atoms with E-state index >= 15 is 0 Å². The number of hydrogen-bond acceptors (Lipinski definition) is 2. The molecule has 0 fully saturated rings. The zero-order valence-electron chi connectivity index (χ0n) is 7.54. The van der Waals surface area contributed by atoms with Crippen LogP contribution >= 0.6 is 23.2 Å². The molecule has 0 aliphatic heterocycles. The van der Waals surface area contributed by atoms with Gasteiger partial charge in [0, 0.05) is 15.6 Å². The molecule has 0 N–H and O–H groups in total. The van der Waals surface area contributed by atoms with Crippen molar-refractivity contribution in [1.29, 1.82) is 0 Å². The Morgan fingerprint density at radius 3 is 2.33 bits per heavy atom. The van der Waals surface area contributed by atoms with Gasteiger partial charge in [0.25, 0.3) is 0 Å². The highest BCUT2D eigenvalue weighted by atomic mass is 35.5. The zero-order chi connectivity index (χ0) is 10.8. The first kappa shape index (κ1) is 10.3. The molecule has 1 aromatic carbocycles. The van der Waals surface area contributed by atoms with Crippen molar-refractivity contribution < 1.29 is 9.21 Å². The Bertz CT molecular complexity index is 469. The Labute approximate surface area is 96.4 Å². The van der Waals surface area contributed by atoms with Crippen LogP contribution in [0.15, 0.2) is 41.0 Å². The molecule has 0 aliphatic rings. The number of carbonyl (C=O) groups is 1. The van der Waals surface area contributed by atoms with Crippen molar-refractivity contribution in [2.45, 2.75) is 0 Å². The van der Waals surface area contributed by atoms with Crippen molar-refractivity contribution >= 4 is 29.0 Å². The molecule has 2 nitrogen and oxygen atoms in total. The van der Waals surface area contributed by atoms with Gasteiger partial charge in [-0.2, -0.15) is 0 Å². The lowest BCUT2D eigenvalue weighted by molar-refractivity contribution is 0.101. The molecule has 0 saturated carbocycles. The highest BCUT2D eigenvalue weighted by molar-refractivity contribution is 6.35. The summed E-state index contributed by atoms with van der Waals surface area (Å²) in [6.07, 6.45) is 1.44. The van der Waals surface area contributed by atoms with E-state index < -0.39 is 0 Å². The number of furan rings is 1. The summed E-state index contributed by atoms with van der Waals surface area (Å²) in [6.45, 7) is 0. The normalized spacial score (nSPS) is 10.3. The maximum atomic E-state index is 11.8. The predicted octanol–water partition coefficient (Wildman–Crippen LogP) is 3.82. The van der Waals surface area contributed by atoms with Crippen LogP contribution in [-0.4, -0.2) is 5.78 Å². The third kappa shape index (κ3) is 2.22. The molecular formula is C11H6Cl2O2. The van der Waals surface area contributed by atoms with Gasteiger partial charge in [-0.3, -0.25) is 4.79 Å². The predicted molar refractivity (Wildman–Crippen MR) is 58.6 cm³/mol. The average Bonchev–Trinajstić information content (AvgIpc) is 2.67. The van der Waals surface area contributed by atoms with Crippen molar-refractivity contribution in [3.8, 4) is 0 Å². The molecule has 0 radical (unpaired) electrons. The Hall–Kier alpha value is -1.25. The third-order valence-electron chi connectivity index (χ3n) is 1.87. The minimum atomic E-state index is -0.232. The van der Waals surface area contributed by atoms with Crippen LogP contribution in [0.3, 0.4) is 0 Å². The van der Waals surface area contributed by atoms with Crippen LogP contribution in [0.1, 0.15) is 16.1 Å². The van der Waals surface area contributed by atoms with E-state index in [9.17, 15) is 4.79 Å². The highest BCUT2D eigenvalue weighted by Crippen LogP contribution is 2.21. The van der Waals surface area contributed by atoms with E-state index in [0.29, 0.717) is 15.6 Å². The molecule has 2 aromatic rings. The number of hydrogen-bond donors (Lipinski definition) is 0. The summed E-state index contributed by atoms with van der Waals surface area (Å²) in [5, 5.41) is 0.856. The second-order valence-electron chi connectivity index (χ2n) is 2.96. The lowest BCUT2D eigenvalue weighted by atomic mass is 10.1. The van der Waals surface area contributed by atoms with Crippen LogP contribution < -0.4 is 0 Å². The van der Waals surface area contributed by atoms with Gasteiger partial charge in [0.2, 0.25) is 5.78 Å². The molecule has 1 heterocycles. The van der Waals surface area contributed by atoms with E-state index in [1.54, 1.807) is 30.3 Å². The Morgan fingerprint density at radius 1 is 1.13 bits per heavy atom. The fourth-order valence-electron chi connectivity index (χ4n) is 1.23. The number of rotatable bonds is 2. The molecule has 0 amide bonds. The summed E-state index contributed by atoms with van der Waals surface area (Å²) in [4.78, 5) is 11.8. The molecule has 2 rings (SSSR count). The second kappa shape index (κ2) is 4.09. The second-order valence-corrected chi connectivity index (χ2v) is 3.84. The van der Waals surface area contributed by atoms with Crippen LogP contribution in [0.5, 0.6) is 0 Å². The zero-order valence-corrected chi connectivity index (χ0v) is 9.05. The fourth-order valence-corrected chi connectivity index (χ4v) is 1.76. The summed E-state index contributed by atoms with van der Waals surface area (Å²) in [5.41, 5.74) is 0.419. The Kier molecular flexibility index (Phi) is 2.80. The maximum Gasteiger partial charge on any atom is 0.228 e. The van der Waals surface area contributed by atoms with Gasteiger partial charge < -0.3 is 4.42 Å². The van der Waals surface area contributed by atoms with Gasteiger partial charge in [-0.1, -0.05) is 23.2 Å². The van der Waals surface area contributed by atoms with Gasteiger partial charge >= 0.3 is 0 Å². The van der Waals surface area contributed by atoms with Crippen LogP contribution in [0.4, 0.5) is 0 Å². The van der Waals surface area contributed by atoms with Crippen LogP contribution in [0.2, 0.25) is 10.0 Å². The van der Waals surface area contributed by atoms with Crippen molar-refractivity contribution in [2.75, 3.05) is 0 Å². The molecule has 76 valence electrons. The highest BCUT2D eigenvalue weighted by Gasteiger charge is 2.12. The van der Waals surface area contributed by atoms with Gasteiger partial charge in [-0.05, 0) is 30.3 Å². The summed E-state index contributed by atoms with van der Waals surface area (Å²) in [5.74, 6) is 0.0396. The van der Waals surface area contributed by atoms with E-state index in [1.807, 2.05) is 0 Å². The van der Waals surface area contributed by atoms with E-state index in [1.165, 1.54) is 6.26 Å².